The highest BCUT2D eigenvalue weighted by molar-refractivity contribution is 5.76. The lowest BCUT2D eigenvalue weighted by Crippen LogP contribution is -2.29. The number of pyridine rings is 1. The molecule has 1 N–H and O–H groups in total. The third-order valence-electron chi connectivity index (χ3n) is 4.50. The van der Waals surface area contributed by atoms with Gasteiger partial charge >= 0.3 is 0 Å². The first-order chi connectivity index (χ1) is 14.1. The highest BCUT2D eigenvalue weighted by atomic mass is 16.5. The molecule has 0 fully saturated rings. The molecule has 0 radical (unpaired) electrons. The van der Waals surface area contributed by atoms with Crippen molar-refractivity contribution >= 4 is 5.91 Å². The Kier molecular flexibility index (Phi) is 5.15. The average molecular weight is 388 g/mol. The van der Waals surface area contributed by atoms with E-state index < -0.39 is 0 Å². The number of carbonyl (C=O) groups is 1. The van der Waals surface area contributed by atoms with Crippen molar-refractivity contribution in [2.75, 3.05) is 0 Å². The van der Waals surface area contributed by atoms with Crippen LogP contribution >= 0.6 is 0 Å². The van der Waals surface area contributed by atoms with Gasteiger partial charge in [-0.2, -0.15) is 4.98 Å². The molecule has 0 saturated carbocycles. The van der Waals surface area contributed by atoms with E-state index >= 15 is 0 Å². The molecule has 8 nitrogen and oxygen atoms in total. The van der Waals surface area contributed by atoms with Crippen LogP contribution in [-0.4, -0.2) is 30.6 Å². The van der Waals surface area contributed by atoms with Gasteiger partial charge in [-0.3, -0.25) is 9.78 Å². The van der Waals surface area contributed by atoms with Gasteiger partial charge in [0.05, 0.1) is 12.4 Å². The second-order valence-electron chi connectivity index (χ2n) is 6.79. The zero-order valence-electron chi connectivity index (χ0n) is 16.1. The van der Waals surface area contributed by atoms with Gasteiger partial charge in [-0.25, -0.2) is 4.98 Å². The fourth-order valence-corrected chi connectivity index (χ4v) is 2.89. The fourth-order valence-electron chi connectivity index (χ4n) is 2.89. The summed E-state index contributed by atoms with van der Waals surface area (Å²) in [4.78, 5) is 25.0. The zero-order valence-corrected chi connectivity index (χ0v) is 16.1. The predicted molar refractivity (Wildman–Crippen MR) is 106 cm³/mol. The van der Waals surface area contributed by atoms with Crippen LogP contribution in [0.5, 0.6) is 0 Å². The number of rotatable bonds is 6. The molecule has 0 aliphatic rings. The topological polar surface area (TPSA) is 98.7 Å². The first-order valence-corrected chi connectivity index (χ1v) is 9.20. The number of hydrogen-bond acceptors (Lipinski definition) is 6. The quantitative estimate of drug-likeness (QED) is 0.545. The van der Waals surface area contributed by atoms with Gasteiger partial charge < -0.3 is 14.4 Å². The predicted octanol–water partition coefficient (Wildman–Crippen LogP) is 3.18. The van der Waals surface area contributed by atoms with Crippen molar-refractivity contribution in [1.29, 1.82) is 0 Å². The summed E-state index contributed by atoms with van der Waals surface area (Å²) in [6, 6.07) is 11.6. The van der Waals surface area contributed by atoms with Crippen LogP contribution in [0.4, 0.5) is 0 Å². The van der Waals surface area contributed by atoms with Crippen LogP contribution in [0, 0.1) is 6.92 Å². The van der Waals surface area contributed by atoms with Crippen molar-refractivity contribution in [2.24, 2.45) is 0 Å². The molecular weight excluding hydrogens is 368 g/mol. The summed E-state index contributed by atoms with van der Waals surface area (Å²) < 4.78 is 6.98. The molecule has 8 heteroatoms. The zero-order chi connectivity index (χ0) is 20.2. The normalized spacial score (nSPS) is 11.9. The Morgan fingerprint density at radius 3 is 2.69 bits per heavy atom. The van der Waals surface area contributed by atoms with Crippen LogP contribution in [0.25, 0.3) is 23.0 Å². The Hall–Kier alpha value is -3.81. The van der Waals surface area contributed by atoms with Crippen LogP contribution in [0.15, 0.2) is 65.8 Å². The number of aryl methyl sites for hydroxylation is 1. The van der Waals surface area contributed by atoms with Crippen LogP contribution < -0.4 is 5.32 Å². The lowest BCUT2D eigenvalue weighted by atomic mass is 10.1. The van der Waals surface area contributed by atoms with E-state index in [4.69, 9.17) is 4.52 Å². The molecule has 0 bridgehead atoms. The molecule has 1 atom stereocenters. The third kappa shape index (κ3) is 4.37. The van der Waals surface area contributed by atoms with Crippen molar-refractivity contribution in [3.05, 3.63) is 72.4 Å². The Labute approximate surface area is 167 Å². The highest BCUT2D eigenvalue weighted by Crippen LogP contribution is 2.20. The van der Waals surface area contributed by atoms with Gasteiger partial charge in [0.15, 0.2) is 0 Å². The number of amides is 1. The van der Waals surface area contributed by atoms with Crippen molar-refractivity contribution in [3.63, 3.8) is 0 Å². The molecule has 1 aromatic carbocycles. The molecule has 0 saturated heterocycles. The molecule has 29 heavy (non-hydrogen) atoms. The standard InChI is InChI=1S/C21H20N6O2/c1-14-3-5-16(6-4-14)15(2)24-19(28)12-27-11-18(23-13-27)20-25-21(29-26-20)17-7-9-22-10-8-17/h3-11,13,15H,12H2,1-2H3,(H,24,28)/t15-/m1/s1. The average Bonchev–Trinajstić information content (AvgIpc) is 3.38. The number of nitrogens with zero attached hydrogens (tertiary/aromatic N) is 5. The van der Waals surface area contributed by atoms with Crippen molar-refractivity contribution < 1.29 is 9.32 Å². The largest absolute Gasteiger partial charge is 0.348 e. The minimum Gasteiger partial charge on any atom is -0.348 e. The second-order valence-corrected chi connectivity index (χ2v) is 6.79. The molecule has 0 aliphatic heterocycles. The van der Waals surface area contributed by atoms with Gasteiger partial charge in [0.1, 0.15) is 12.2 Å². The molecular formula is C21H20N6O2. The number of hydrogen-bond donors (Lipinski definition) is 1. The molecule has 0 spiro atoms. The number of benzene rings is 1. The first kappa shape index (κ1) is 18.5. The lowest BCUT2D eigenvalue weighted by molar-refractivity contribution is -0.122. The minimum absolute atomic E-state index is 0.0776. The molecule has 146 valence electrons. The Morgan fingerprint density at radius 2 is 1.93 bits per heavy atom. The monoisotopic (exact) mass is 388 g/mol. The Bertz CT molecular complexity index is 1100. The van der Waals surface area contributed by atoms with Gasteiger partial charge in [-0.1, -0.05) is 35.0 Å². The van der Waals surface area contributed by atoms with Crippen LogP contribution in [0.1, 0.15) is 24.1 Å². The van der Waals surface area contributed by atoms with Gasteiger partial charge in [-0.15, -0.1) is 0 Å². The highest BCUT2D eigenvalue weighted by Gasteiger charge is 2.14. The minimum atomic E-state index is -0.104. The molecule has 0 unspecified atom stereocenters. The summed E-state index contributed by atoms with van der Waals surface area (Å²) in [5, 5.41) is 6.96. The first-order valence-electron chi connectivity index (χ1n) is 9.20. The van der Waals surface area contributed by atoms with Crippen molar-refractivity contribution in [3.8, 4) is 23.0 Å². The molecule has 1 amide bonds. The third-order valence-corrected chi connectivity index (χ3v) is 4.50. The van der Waals surface area contributed by atoms with Gasteiger partial charge in [0.25, 0.3) is 5.89 Å². The number of carbonyl (C=O) groups excluding carboxylic acids is 1. The Morgan fingerprint density at radius 1 is 1.17 bits per heavy atom. The summed E-state index contributed by atoms with van der Waals surface area (Å²) in [6.07, 6.45) is 6.61. The maximum absolute atomic E-state index is 12.4. The van der Waals surface area contributed by atoms with Crippen molar-refractivity contribution in [1.82, 2.24) is 30.0 Å². The molecule has 0 aliphatic carbocycles. The van der Waals surface area contributed by atoms with Crippen LogP contribution in [0.3, 0.4) is 0 Å². The fraction of sp³-hybridized carbons (Fsp3) is 0.190. The smallest absolute Gasteiger partial charge is 0.258 e. The summed E-state index contributed by atoms with van der Waals surface area (Å²) in [5.74, 6) is 0.651. The Balaban J connectivity index is 1.40. The SMILES string of the molecule is Cc1ccc([C@@H](C)NC(=O)Cn2cnc(-c3noc(-c4ccncc4)n3)c2)cc1. The number of imidazole rings is 1. The molecule has 3 aromatic heterocycles. The summed E-state index contributed by atoms with van der Waals surface area (Å²) in [5.41, 5.74) is 3.56. The summed E-state index contributed by atoms with van der Waals surface area (Å²) >= 11 is 0. The molecule has 4 aromatic rings. The summed E-state index contributed by atoms with van der Waals surface area (Å²) in [7, 11) is 0. The van der Waals surface area contributed by atoms with E-state index in [-0.39, 0.29) is 18.5 Å². The van der Waals surface area contributed by atoms with Gasteiger partial charge in [0, 0.05) is 24.2 Å². The van der Waals surface area contributed by atoms with Crippen LogP contribution in [0.2, 0.25) is 0 Å². The van der Waals surface area contributed by atoms with E-state index in [1.165, 1.54) is 5.56 Å². The van der Waals surface area contributed by atoms with E-state index in [0.29, 0.717) is 17.4 Å². The van der Waals surface area contributed by atoms with Gasteiger partial charge in [0.2, 0.25) is 11.7 Å². The van der Waals surface area contributed by atoms with E-state index in [1.807, 2.05) is 38.1 Å². The number of aromatic nitrogens is 5. The lowest BCUT2D eigenvalue weighted by Gasteiger charge is -2.14. The van der Waals surface area contributed by atoms with E-state index in [2.05, 4.69) is 25.4 Å². The maximum atomic E-state index is 12.4. The van der Waals surface area contributed by atoms with Crippen molar-refractivity contribution in [2.45, 2.75) is 26.4 Å². The van der Waals surface area contributed by atoms with Crippen LogP contribution in [-0.2, 0) is 11.3 Å². The summed E-state index contributed by atoms with van der Waals surface area (Å²) in [6.45, 7) is 4.15. The van der Waals surface area contributed by atoms with Gasteiger partial charge in [-0.05, 0) is 31.5 Å². The van der Waals surface area contributed by atoms with E-state index in [9.17, 15) is 4.79 Å². The number of nitrogens with one attached hydrogen (secondary N) is 1. The van der Waals surface area contributed by atoms with E-state index in [1.54, 1.807) is 41.6 Å². The van der Waals surface area contributed by atoms with E-state index in [0.717, 1.165) is 11.1 Å². The second kappa shape index (κ2) is 8.05. The molecule has 4 rings (SSSR count). The molecule has 3 heterocycles. The maximum Gasteiger partial charge on any atom is 0.258 e.